The first-order valence-corrected chi connectivity index (χ1v) is 6.28. The number of aliphatic hydroxyl groups excluding tert-OH is 1. The molecule has 0 saturated carbocycles. The molecule has 0 radical (unpaired) electrons. The van der Waals surface area contributed by atoms with Gasteiger partial charge in [0, 0.05) is 13.1 Å². The first kappa shape index (κ1) is 13.9. The van der Waals surface area contributed by atoms with E-state index in [1.54, 1.807) is 0 Å². The van der Waals surface area contributed by atoms with Gasteiger partial charge in [0.1, 0.15) is 0 Å². The lowest BCUT2D eigenvalue weighted by Gasteiger charge is -2.42. The molecule has 0 bridgehead atoms. The minimum atomic E-state index is -0.139. The molecule has 0 aromatic rings. The van der Waals surface area contributed by atoms with Gasteiger partial charge in [-0.15, -0.1) is 0 Å². The van der Waals surface area contributed by atoms with Gasteiger partial charge in [-0.3, -0.25) is 4.90 Å². The summed E-state index contributed by atoms with van der Waals surface area (Å²) in [6, 6.07) is 0. The highest BCUT2D eigenvalue weighted by Gasteiger charge is 2.32. The SMILES string of the molecule is CC1(C)CN(CCCCCN)CC(CO)O1. The summed E-state index contributed by atoms with van der Waals surface area (Å²) in [5.41, 5.74) is 5.33. The van der Waals surface area contributed by atoms with E-state index in [1.807, 2.05) is 0 Å². The Bertz CT molecular complexity index is 197. The number of nitrogens with zero attached hydrogens (tertiary/aromatic N) is 1. The van der Waals surface area contributed by atoms with E-state index in [4.69, 9.17) is 10.5 Å². The van der Waals surface area contributed by atoms with Crippen LogP contribution in [-0.4, -0.2) is 54.5 Å². The van der Waals surface area contributed by atoms with E-state index in [1.165, 1.54) is 12.8 Å². The van der Waals surface area contributed by atoms with E-state index in [-0.39, 0.29) is 18.3 Å². The molecule has 0 aliphatic carbocycles. The van der Waals surface area contributed by atoms with Crippen molar-refractivity contribution in [3.63, 3.8) is 0 Å². The van der Waals surface area contributed by atoms with Crippen LogP contribution in [0.2, 0.25) is 0 Å². The smallest absolute Gasteiger partial charge is 0.0940 e. The Kier molecular flexibility index (Phi) is 5.69. The average Bonchev–Trinajstić information content (AvgIpc) is 2.22. The molecular formula is C12H26N2O2. The van der Waals surface area contributed by atoms with Crippen LogP contribution in [0.1, 0.15) is 33.1 Å². The van der Waals surface area contributed by atoms with Gasteiger partial charge in [0.05, 0.1) is 18.3 Å². The van der Waals surface area contributed by atoms with Gasteiger partial charge in [0.15, 0.2) is 0 Å². The Morgan fingerprint density at radius 1 is 1.38 bits per heavy atom. The second-order valence-corrected chi connectivity index (χ2v) is 5.27. The van der Waals surface area contributed by atoms with Gasteiger partial charge >= 0.3 is 0 Å². The normalized spacial score (nSPS) is 25.9. The summed E-state index contributed by atoms with van der Waals surface area (Å²) in [6.45, 7) is 7.96. The molecule has 4 heteroatoms. The number of ether oxygens (including phenoxy) is 1. The highest BCUT2D eigenvalue weighted by atomic mass is 16.5. The van der Waals surface area contributed by atoms with Crippen LogP contribution in [0.5, 0.6) is 0 Å². The second kappa shape index (κ2) is 6.55. The van der Waals surface area contributed by atoms with Gasteiger partial charge in [-0.25, -0.2) is 0 Å². The lowest BCUT2D eigenvalue weighted by molar-refractivity contribution is -0.148. The van der Waals surface area contributed by atoms with Crippen LogP contribution in [0, 0.1) is 0 Å². The van der Waals surface area contributed by atoms with E-state index in [0.717, 1.165) is 32.6 Å². The van der Waals surface area contributed by atoms with Crippen LogP contribution in [0.25, 0.3) is 0 Å². The van der Waals surface area contributed by atoms with Crippen LogP contribution in [0.15, 0.2) is 0 Å². The Balaban J connectivity index is 2.29. The maximum Gasteiger partial charge on any atom is 0.0940 e. The van der Waals surface area contributed by atoms with Crippen LogP contribution in [0.3, 0.4) is 0 Å². The molecule has 1 unspecified atom stereocenters. The van der Waals surface area contributed by atoms with Gasteiger partial charge in [-0.1, -0.05) is 6.42 Å². The zero-order chi connectivity index (χ0) is 12.0. The largest absolute Gasteiger partial charge is 0.394 e. The summed E-state index contributed by atoms with van der Waals surface area (Å²) in [5, 5.41) is 9.18. The third kappa shape index (κ3) is 4.78. The van der Waals surface area contributed by atoms with Crippen molar-refractivity contribution >= 4 is 0 Å². The third-order valence-electron chi connectivity index (χ3n) is 2.93. The zero-order valence-electron chi connectivity index (χ0n) is 10.6. The zero-order valence-corrected chi connectivity index (χ0v) is 10.6. The van der Waals surface area contributed by atoms with Crippen LogP contribution < -0.4 is 5.73 Å². The number of aliphatic hydroxyl groups is 1. The molecule has 1 rings (SSSR count). The Morgan fingerprint density at radius 2 is 2.12 bits per heavy atom. The fourth-order valence-corrected chi connectivity index (χ4v) is 2.34. The molecule has 96 valence electrons. The predicted octanol–water partition coefficient (Wildman–Crippen LogP) is 0.587. The highest BCUT2D eigenvalue weighted by molar-refractivity contribution is 4.83. The van der Waals surface area contributed by atoms with Crippen molar-refractivity contribution in [3.05, 3.63) is 0 Å². The Morgan fingerprint density at radius 3 is 2.75 bits per heavy atom. The monoisotopic (exact) mass is 230 g/mol. The molecule has 1 aliphatic rings. The standard InChI is InChI=1S/C12H26N2O2/c1-12(2)10-14(7-5-3-4-6-13)8-11(9-15)16-12/h11,15H,3-10,13H2,1-2H3. The molecule has 1 aliphatic heterocycles. The van der Waals surface area contributed by atoms with Crippen molar-refractivity contribution in [2.45, 2.75) is 44.8 Å². The number of nitrogens with two attached hydrogens (primary N) is 1. The summed E-state index contributed by atoms with van der Waals surface area (Å²) >= 11 is 0. The fourth-order valence-electron chi connectivity index (χ4n) is 2.34. The predicted molar refractivity (Wildman–Crippen MR) is 65.4 cm³/mol. The Labute approximate surface area is 98.8 Å². The summed E-state index contributed by atoms with van der Waals surface area (Å²) < 4.78 is 5.77. The molecule has 3 N–H and O–H groups in total. The Hall–Kier alpha value is -0.160. The molecule has 1 atom stereocenters. The molecule has 0 aromatic carbocycles. The summed E-state index contributed by atoms with van der Waals surface area (Å²) in [7, 11) is 0. The van der Waals surface area contributed by atoms with E-state index in [9.17, 15) is 5.11 Å². The molecule has 1 fully saturated rings. The van der Waals surface area contributed by atoms with Crippen molar-refractivity contribution in [2.75, 3.05) is 32.8 Å². The summed E-state index contributed by atoms with van der Waals surface area (Å²) in [4.78, 5) is 2.39. The van der Waals surface area contributed by atoms with Gasteiger partial charge < -0.3 is 15.6 Å². The van der Waals surface area contributed by atoms with Crippen LogP contribution in [-0.2, 0) is 4.74 Å². The van der Waals surface area contributed by atoms with Crippen molar-refractivity contribution in [3.8, 4) is 0 Å². The van der Waals surface area contributed by atoms with Crippen LogP contribution in [0.4, 0.5) is 0 Å². The molecular weight excluding hydrogens is 204 g/mol. The van der Waals surface area contributed by atoms with E-state index in [2.05, 4.69) is 18.7 Å². The van der Waals surface area contributed by atoms with Gasteiger partial charge in [0.25, 0.3) is 0 Å². The first-order chi connectivity index (χ1) is 7.57. The lowest BCUT2D eigenvalue weighted by Crippen LogP contribution is -2.53. The van der Waals surface area contributed by atoms with Gasteiger partial charge in [-0.05, 0) is 39.8 Å². The van der Waals surface area contributed by atoms with Gasteiger partial charge in [0.2, 0.25) is 0 Å². The molecule has 1 saturated heterocycles. The number of hydrogen-bond acceptors (Lipinski definition) is 4. The minimum absolute atomic E-state index is 0.0294. The third-order valence-corrected chi connectivity index (χ3v) is 2.93. The number of rotatable bonds is 6. The average molecular weight is 230 g/mol. The first-order valence-electron chi connectivity index (χ1n) is 6.28. The molecule has 4 nitrogen and oxygen atoms in total. The second-order valence-electron chi connectivity index (χ2n) is 5.27. The topological polar surface area (TPSA) is 58.7 Å². The molecule has 0 amide bonds. The minimum Gasteiger partial charge on any atom is -0.394 e. The maximum absolute atomic E-state index is 9.18. The number of unbranched alkanes of at least 4 members (excludes halogenated alkanes) is 2. The van der Waals surface area contributed by atoms with Crippen molar-refractivity contribution in [1.82, 2.24) is 4.90 Å². The van der Waals surface area contributed by atoms with Crippen molar-refractivity contribution in [2.24, 2.45) is 5.73 Å². The fraction of sp³-hybridized carbons (Fsp3) is 1.00. The lowest BCUT2D eigenvalue weighted by atomic mass is 10.0. The van der Waals surface area contributed by atoms with Gasteiger partial charge in [-0.2, -0.15) is 0 Å². The summed E-state index contributed by atoms with van der Waals surface area (Å²) in [5.74, 6) is 0. The summed E-state index contributed by atoms with van der Waals surface area (Å²) in [6.07, 6.45) is 3.46. The number of hydrogen-bond donors (Lipinski definition) is 2. The molecule has 16 heavy (non-hydrogen) atoms. The highest BCUT2D eigenvalue weighted by Crippen LogP contribution is 2.21. The molecule has 1 heterocycles. The maximum atomic E-state index is 9.18. The van der Waals surface area contributed by atoms with Crippen molar-refractivity contribution in [1.29, 1.82) is 0 Å². The quantitative estimate of drug-likeness (QED) is 0.656. The van der Waals surface area contributed by atoms with Crippen LogP contribution >= 0.6 is 0 Å². The van der Waals surface area contributed by atoms with Crippen molar-refractivity contribution < 1.29 is 9.84 Å². The molecule has 0 aromatic heterocycles. The molecule has 0 spiro atoms. The van der Waals surface area contributed by atoms with E-state index < -0.39 is 0 Å². The van der Waals surface area contributed by atoms with E-state index >= 15 is 0 Å². The van der Waals surface area contributed by atoms with E-state index in [0.29, 0.717) is 0 Å². The number of morpholine rings is 1.